The van der Waals surface area contributed by atoms with Crippen molar-refractivity contribution in [2.24, 2.45) is 18.9 Å². The summed E-state index contributed by atoms with van der Waals surface area (Å²) < 4.78 is 7.18. The summed E-state index contributed by atoms with van der Waals surface area (Å²) in [4.78, 5) is 26.5. The number of para-hydroxylation sites is 1. The first-order valence-electron chi connectivity index (χ1n) is 8.44. The second kappa shape index (κ2) is 6.67. The topological polar surface area (TPSA) is 51.5 Å². The van der Waals surface area contributed by atoms with Crippen LogP contribution in [0.25, 0.3) is 10.9 Å². The van der Waals surface area contributed by atoms with Crippen LogP contribution in [-0.2, 0) is 16.6 Å². The van der Waals surface area contributed by atoms with Crippen molar-refractivity contribution >= 4 is 22.8 Å². The fraction of sp³-hybridized carbons (Fsp3) is 0.474. The number of aryl methyl sites for hydroxylation is 1. The zero-order chi connectivity index (χ0) is 17.3. The van der Waals surface area contributed by atoms with E-state index >= 15 is 0 Å². The van der Waals surface area contributed by atoms with Crippen LogP contribution in [0.4, 0.5) is 0 Å². The van der Waals surface area contributed by atoms with Crippen molar-refractivity contribution in [3.63, 3.8) is 0 Å². The number of carbonyl (C=O) groups is 2. The summed E-state index contributed by atoms with van der Waals surface area (Å²) in [7, 11) is 1.89. The standard InChI is InChI=1S/C19H24N2O3/c1-13-8-14(2)10-21(9-13)18(22)12-24-19(23)16-11-20(3)17-7-5-4-6-15(16)17/h4-7,11,13-14H,8-10,12H2,1-3H3/t13-,14-/m0/s1. The summed E-state index contributed by atoms with van der Waals surface area (Å²) in [6, 6.07) is 7.66. The molecular formula is C19H24N2O3. The van der Waals surface area contributed by atoms with E-state index in [1.165, 1.54) is 0 Å². The molecule has 1 aromatic carbocycles. The maximum Gasteiger partial charge on any atom is 0.340 e. The van der Waals surface area contributed by atoms with E-state index in [2.05, 4.69) is 13.8 Å². The molecule has 0 aliphatic carbocycles. The molecule has 1 saturated heterocycles. The molecule has 1 fully saturated rings. The molecule has 0 N–H and O–H groups in total. The second-order valence-corrected chi connectivity index (χ2v) is 6.99. The molecule has 24 heavy (non-hydrogen) atoms. The highest BCUT2D eigenvalue weighted by Crippen LogP contribution is 2.22. The second-order valence-electron chi connectivity index (χ2n) is 6.99. The van der Waals surface area contributed by atoms with Crippen molar-refractivity contribution in [2.75, 3.05) is 19.7 Å². The maximum atomic E-state index is 12.4. The number of hydrogen-bond acceptors (Lipinski definition) is 3. The number of hydrogen-bond donors (Lipinski definition) is 0. The summed E-state index contributed by atoms with van der Waals surface area (Å²) in [6.07, 6.45) is 2.89. The molecule has 1 aliphatic heterocycles. The zero-order valence-electron chi connectivity index (χ0n) is 14.5. The number of rotatable bonds is 3. The van der Waals surface area contributed by atoms with E-state index in [1.807, 2.05) is 40.8 Å². The number of fused-ring (bicyclic) bond motifs is 1. The number of carbonyl (C=O) groups excluding carboxylic acids is 2. The maximum absolute atomic E-state index is 12.4. The molecular weight excluding hydrogens is 304 g/mol. The first kappa shape index (κ1) is 16.6. The average Bonchev–Trinajstić information content (AvgIpc) is 2.89. The Morgan fingerprint density at radius 1 is 1.17 bits per heavy atom. The molecule has 2 aromatic rings. The number of nitrogens with zero attached hydrogens (tertiary/aromatic N) is 2. The fourth-order valence-corrected chi connectivity index (χ4v) is 3.67. The summed E-state index contributed by atoms with van der Waals surface area (Å²) in [6.45, 7) is 5.60. The number of piperidine rings is 1. The molecule has 0 spiro atoms. The minimum Gasteiger partial charge on any atom is -0.452 e. The van der Waals surface area contributed by atoms with Crippen LogP contribution in [0.2, 0.25) is 0 Å². The van der Waals surface area contributed by atoms with Crippen molar-refractivity contribution in [2.45, 2.75) is 20.3 Å². The van der Waals surface area contributed by atoms with E-state index in [0.717, 1.165) is 30.4 Å². The lowest BCUT2D eigenvalue weighted by molar-refractivity contribution is -0.137. The van der Waals surface area contributed by atoms with Gasteiger partial charge in [0.05, 0.1) is 5.56 Å². The van der Waals surface area contributed by atoms with Gasteiger partial charge in [0.15, 0.2) is 6.61 Å². The molecule has 0 saturated carbocycles. The molecule has 5 nitrogen and oxygen atoms in total. The van der Waals surface area contributed by atoms with Gasteiger partial charge < -0.3 is 14.2 Å². The number of esters is 1. The van der Waals surface area contributed by atoms with Gasteiger partial charge in [0.2, 0.25) is 0 Å². The number of benzene rings is 1. The van der Waals surface area contributed by atoms with Crippen LogP contribution in [0.1, 0.15) is 30.6 Å². The van der Waals surface area contributed by atoms with Crippen LogP contribution in [0, 0.1) is 11.8 Å². The first-order valence-corrected chi connectivity index (χ1v) is 8.44. The summed E-state index contributed by atoms with van der Waals surface area (Å²) in [5.74, 6) is 0.429. The molecule has 128 valence electrons. The Labute approximate surface area is 142 Å². The van der Waals surface area contributed by atoms with Gasteiger partial charge in [-0.2, -0.15) is 0 Å². The largest absolute Gasteiger partial charge is 0.452 e. The number of aromatic nitrogens is 1. The number of amides is 1. The molecule has 5 heteroatoms. The summed E-state index contributed by atoms with van der Waals surface area (Å²) in [5.41, 5.74) is 1.47. The lowest BCUT2D eigenvalue weighted by Crippen LogP contribution is -2.44. The highest BCUT2D eigenvalue weighted by atomic mass is 16.5. The van der Waals surface area contributed by atoms with Gasteiger partial charge in [-0.3, -0.25) is 4.79 Å². The third-order valence-electron chi connectivity index (χ3n) is 4.67. The van der Waals surface area contributed by atoms with E-state index in [1.54, 1.807) is 6.20 Å². The van der Waals surface area contributed by atoms with E-state index in [0.29, 0.717) is 17.4 Å². The predicted octanol–water partition coefficient (Wildman–Crippen LogP) is 2.84. The van der Waals surface area contributed by atoms with E-state index < -0.39 is 5.97 Å². The highest BCUT2D eigenvalue weighted by molar-refractivity contribution is 6.04. The summed E-state index contributed by atoms with van der Waals surface area (Å²) >= 11 is 0. The van der Waals surface area contributed by atoms with Crippen LogP contribution < -0.4 is 0 Å². The van der Waals surface area contributed by atoms with Crippen LogP contribution >= 0.6 is 0 Å². The zero-order valence-corrected chi connectivity index (χ0v) is 14.5. The van der Waals surface area contributed by atoms with Crippen LogP contribution in [0.5, 0.6) is 0 Å². The summed E-state index contributed by atoms with van der Waals surface area (Å²) in [5, 5.41) is 0.845. The van der Waals surface area contributed by atoms with Crippen LogP contribution in [-0.4, -0.2) is 41.0 Å². The Kier molecular flexibility index (Phi) is 4.60. The van der Waals surface area contributed by atoms with Crippen LogP contribution in [0.3, 0.4) is 0 Å². The van der Waals surface area contributed by atoms with Gasteiger partial charge >= 0.3 is 5.97 Å². The van der Waals surface area contributed by atoms with Gasteiger partial charge in [0.1, 0.15) is 0 Å². The monoisotopic (exact) mass is 328 g/mol. The molecule has 1 amide bonds. The van der Waals surface area contributed by atoms with Gasteiger partial charge in [0.25, 0.3) is 5.91 Å². The molecule has 1 aromatic heterocycles. The van der Waals surface area contributed by atoms with Gasteiger partial charge in [-0.1, -0.05) is 32.0 Å². The van der Waals surface area contributed by atoms with Crippen molar-refractivity contribution in [3.8, 4) is 0 Å². The average molecular weight is 328 g/mol. The molecule has 2 atom stereocenters. The Hall–Kier alpha value is -2.30. The third-order valence-corrected chi connectivity index (χ3v) is 4.67. The highest BCUT2D eigenvalue weighted by Gasteiger charge is 2.26. The first-order chi connectivity index (χ1) is 11.5. The van der Waals surface area contributed by atoms with Gasteiger partial charge in [-0.25, -0.2) is 4.79 Å². The van der Waals surface area contributed by atoms with Gasteiger partial charge in [-0.05, 0) is 24.3 Å². The van der Waals surface area contributed by atoms with Crippen molar-refractivity contribution in [3.05, 3.63) is 36.0 Å². The lowest BCUT2D eigenvalue weighted by atomic mass is 9.92. The van der Waals surface area contributed by atoms with E-state index in [9.17, 15) is 9.59 Å². The van der Waals surface area contributed by atoms with Crippen LogP contribution in [0.15, 0.2) is 30.5 Å². The molecule has 0 bridgehead atoms. The Bertz CT molecular complexity index is 755. The Morgan fingerprint density at radius 3 is 2.54 bits per heavy atom. The SMILES string of the molecule is C[C@H]1C[C@H](C)CN(C(=O)COC(=O)c2cn(C)c3ccccc23)C1. The normalized spacial score (nSPS) is 21.0. The minimum absolute atomic E-state index is 0.109. The number of ether oxygens (including phenoxy) is 1. The molecule has 2 heterocycles. The minimum atomic E-state index is -0.446. The van der Waals surface area contributed by atoms with Crippen molar-refractivity contribution in [1.29, 1.82) is 0 Å². The molecule has 1 aliphatic rings. The third kappa shape index (κ3) is 3.30. The quantitative estimate of drug-likeness (QED) is 0.814. The van der Waals surface area contributed by atoms with Crippen molar-refractivity contribution in [1.82, 2.24) is 9.47 Å². The Morgan fingerprint density at radius 2 is 1.83 bits per heavy atom. The predicted molar refractivity (Wildman–Crippen MR) is 92.7 cm³/mol. The van der Waals surface area contributed by atoms with Gasteiger partial charge in [-0.15, -0.1) is 0 Å². The Balaban J connectivity index is 1.65. The fourth-order valence-electron chi connectivity index (χ4n) is 3.67. The van der Waals surface area contributed by atoms with Crippen molar-refractivity contribution < 1.29 is 14.3 Å². The van der Waals surface area contributed by atoms with E-state index in [4.69, 9.17) is 4.74 Å². The molecule has 3 rings (SSSR count). The number of likely N-dealkylation sites (tertiary alicyclic amines) is 1. The molecule has 0 unspecified atom stereocenters. The van der Waals surface area contributed by atoms with Gasteiger partial charge in [0, 0.05) is 37.2 Å². The van der Waals surface area contributed by atoms with E-state index in [-0.39, 0.29) is 12.5 Å². The molecule has 0 radical (unpaired) electrons. The smallest absolute Gasteiger partial charge is 0.340 e. The lowest BCUT2D eigenvalue weighted by Gasteiger charge is -2.34.